The summed E-state index contributed by atoms with van der Waals surface area (Å²) in [6.07, 6.45) is 2.58. The minimum Gasteiger partial charge on any atom is -0.387 e. The molecule has 0 unspecified atom stereocenters. The summed E-state index contributed by atoms with van der Waals surface area (Å²) >= 11 is 1.92. The summed E-state index contributed by atoms with van der Waals surface area (Å²) in [5.41, 5.74) is -0.944. The van der Waals surface area contributed by atoms with Crippen LogP contribution in [0.5, 0.6) is 0 Å². The van der Waals surface area contributed by atoms with Gasteiger partial charge >= 0.3 is 0 Å². The smallest absolute Gasteiger partial charge is 0.122 e. The first kappa shape index (κ1) is 14.6. The molecule has 0 amide bonds. The summed E-state index contributed by atoms with van der Waals surface area (Å²) in [6.45, 7) is 10.7. The molecule has 1 aliphatic heterocycles. The Morgan fingerprint density at radius 2 is 2.00 bits per heavy atom. The van der Waals surface area contributed by atoms with E-state index in [-0.39, 0.29) is 16.5 Å². The second kappa shape index (κ2) is 4.65. The quantitative estimate of drug-likeness (QED) is 0.785. The van der Waals surface area contributed by atoms with Crippen molar-refractivity contribution in [1.82, 2.24) is 0 Å². The Kier molecular flexibility index (Phi) is 3.78. The van der Waals surface area contributed by atoms with E-state index in [0.717, 1.165) is 25.0 Å². The van der Waals surface area contributed by atoms with E-state index in [1.165, 1.54) is 0 Å². The van der Waals surface area contributed by atoms with Crippen molar-refractivity contribution in [1.29, 1.82) is 0 Å². The number of fused-ring (bicyclic) bond motifs is 2. The van der Waals surface area contributed by atoms with Crippen LogP contribution in [0.2, 0.25) is 0 Å². The van der Waals surface area contributed by atoms with Crippen molar-refractivity contribution in [3.05, 3.63) is 0 Å². The van der Waals surface area contributed by atoms with Crippen molar-refractivity contribution in [2.75, 3.05) is 5.75 Å². The van der Waals surface area contributed by atoms with Crippen molar-refractivity contribution < 1.29 is 14.9 Å². The van der Waals surface area contributed by atoms with Crippen LogP contribution in [-0.2, 0) is 9.78 Å². The van der Waals surface area contributed by atoms with Crippen molar-refractivity contribution in [2.24, 2.45) is 5.92 Å². The Labute approximate surface area is 115 Å². The fourth-order valence-corrected chi connectivity index (χ4v) is 3.70. The number of hydrogen-bond donors (Lipinski definition) is 1. The predicted octanol–water partition coefficient (Wildman–Crippen LogP) is 3.16. The molecular weight excluding hydrogens is 248 g/mol. The van der Waals surface area contributed by atoms with Gasteiger partial charge in [0, 0.05) is 10.5 Å². The third-order valence-corrected chi connectivity index (χ3v) is 5.78. The van der Waals surface area contributed by atoms with Crippen LogP contribution in [0.4, 0.5) is 0 Å². The predicted molar refractivity (Wildman–Crippen MR) is 74.5 cm³/mol. The van der Waals surface area contributed by atoms with Gasteiger partial charge < -0.3 is 5.11 Å². The van der Waals surface area contributed by atoms with Crippen LogP contribution >= 0.6 is 11.8 Å². The van der Waals surface area contributed by atoms with Gasteiger partial charge in [-0.1, -0.05) is 20.8 Å². The van der Waals surface area contributed by atoms with Crippen molar-refractivity contribution in [2.45, 2.75) is 75.9 Å². The first-order chi connectivity index (χ1) is 8.12. The third-order valence-electron chi connectivity index (χ3n) is 4.20. The molecule has 0 spiro atoms. The molecule has 1 N–H and O–H groups in total. The maximum atomic E-state index is 10.2. The fourth-order valence-electron chi connectivity index (χ4n) is 2.69. The Bertz CT molecular complexity index is 311. The lowest BCUT2D eigenvalue weighted by atomic mass is 9.71. The monoisotopic (exact) mass is 274 g/mol. The van der Waals surface area contributed by atoms with Crippen LogP contribution in [0, 0.1) is 5.92 Å². The summed E-state index contributed by atoms with van der Waals surface area (Å²) in [6, 6.07) is 0. The molecule has 4 atom stereocenters. The van der Waals surface area contributed by atoms with Gasteiger partial charge in [-0.05, 0) is 39.0 Å². The van der Waals surface area contributed by atoms with Gasteiger partial charge in [-0.15, -0.1) is 0 Å². The first-order valence-electron chi connectivity index (χ1n) is 6.83. The average Bonchev–Trinajstić information content (AvgIpc) is 2.24. The second-order valence-corrected chi connectivity index (χ2v) is 9.01. The van der Waals surface area contributed by atoms with Crippen LogP contribution in [0.3, 0.4) is 0 Å². The van der Waals surface area contributed by atoms with E-state index in [1.54, 1.807) is 0 Å². The van der Waals surface area contributed by atoms with E-state index >= 15 is 0 Å². The molecule has 0 aromatic rings. The van der Waals surface area contributed by atoms with Gasteiger partial charge in [-0.3, -0.25) is 0 Å². The van der Waals surface area contributed by atoms with Crippen molar-refractivity contribution in [3.63, 3.8) is 0 Å². The molecule has 1 aliphatic carbocycles. The molecule has 18 heavy (non-hydrogen) atoms. The molecule has 1 saturated heterocycles. The standard InChI is InChI=1S/C14H26O3S/c1-12(2,3)18-9-14(5)10-6-7-13(4,15)11(8-10)16-17-14/h10-11,15H,6-9H2,1-5H3/t10-,11-,13-,14-/m1/s1. The summed E-state index contributed by atoms with van der Waals surface area (Å²) < 4.78 is 0.239. The van der Waals surface area contributed by atoms with Crippen LogP contribution in [0.15, 0.2) is 0 Å². The lowest BCUT2D eigenvalue weighted by Crippen LogP contribution is -2.57. The lowest BCUT2D eigenvalue weighted by molar-refractivity contribution is -0.441. The summed E-state index contributed by atoms with van der Waals surface area (Å²) in [4.78, 5) is 11.2. The summed E-state index contributed by atoms with van der Waals surface area (Å²) in [5.74, 6) is 1.43. The SMILES string of the molecule is CC(C)(C)SC[C@@]1(C)OO[C@@H]2C[C@H]1CC[C@@]2(C)O. The van der Waals surface area contributed by atoms with E-state index in [4.69, 9.17) is 9.78 Å². The van der Waals surface area contributed by atoms with Gasteiger partial charge in [0.25, 0.3) is 0 Å². The molecule has 2 aliphatic rings. The average molecular weight is 274 g/mol. The zero-order valence-electron chi connectivity index (χ0n) is 12.2. The maximum Gasteiger partial charge on any atom is 0.122 e. The van der Waals surface area contributed by atoms with Crippen LogP contribution in [0.25, 0.3) is 0 Å². The summed E-state index contributed by atoms with van der Waals surface area (Å²) in [7, 11) is 0. The highest BCUT2D eigenvalue weighted by Gasteiger charge is 2.51. The minimum atomic E-state index is -0.727. The first-order valence-corrected chi connectivity index (χ1v) is 7.82. The number of thioether (sulfide) groups is 1. The molecule has 2 fully saturated rings. The second-order valence-electron chi connectivity index (χ2n) is 7.21. The summed E-state index contributed by atoms with van der Waals surface area (Å²) in [5, 5.41) is 10.2. The van der Waals surface area contributed by atoms with Gasteiger partial charge in [0.05, 0.1) is 5.60 Å². The number of aliphatic hydroxyl groups is 1. The molecule has 1 heterocycles. The Morgan fingerprint density at radius 3 is 2.61 bits per heavy atom. The van der Waals surface area contributed by atoms with Gasteiger partial charge in [0.15, 0.2) is 0 Å². The van der Waals surface area contributed by atoms with Crippen LogP contribution < -0.4 is 0 Å². The Morgan fingerprint density at radius 1 is 1.33 bits per heavy atom. The zero-order valence-corrected chi connectivity index (χ0v) is 13.0. The normalized spacial score (nSPS) is 45.0. The fraction of sp³-hybridized carbons (Fsp3) is 1.00. The lowest BCUT2D eigenvalue weighted by Gasteiger charge is -2.51. The molecule has 0 radical (unpaired) electrons. The van der Waals surface area contributed by atoms with E-state index in [2.05, 4.69) is 27.7 Å². The van der Waals surface area contributed by atoms with Gasteiger partial charge in [-0.2, -0.15) is 11.8 Å². The molecule has 2 bridgehead atoms. The molecule has 0 aromatic carbocycles. The highest BCUT2D eigenvalue weighted by atomic mass is 32.2. The molecule has 4 heteroatoms. The van der Waals surface area contributed by atoms with Crippen molar-refractivity contribution >= 4 is 11.8 Å². The van der Waals surface area contributed by atoms with Crippen LogP contribution in [-0.4, -0.2) is 32.9 Å². The molecule has 1 saturated carbocycles. The maximum absolute atomic E-state index is 10.2. The van der Waals surface area contributed by atoms with Crippen molar-refractivity contribution in [3.8, 4) is 0 Å². The van der Waals surface area contributed by atoms with Gasteiger partial charge in [0.2, 0.25) is 0 Å². The minimum absolute atomic E-state index is 0.163. The molecule has 3 nitrogen and oxygen atoms in total. The van der Waals surface area contributed by atoms with Gasteiger partial charge in [0.1, 0.15) is 11.7 Å². The van der Waals surface area contributed by atoms with E-state index in [1.807, 2.05) is 18.7 Å². The molecule has 106 valence electrons. The molecule has 0 aromatic heterocycles. The topological polar surface area (TPSA) is 38.7 Å². The zero-order chi connectivity index (χ0) is 13.6. The number of rotatable bonds is 2. The molecular formula is C14H26O3S. The van der Waals surface area contributed by atoms with E-state index in [0.29, 0.717) is 5.92 Å². The van der Waals surface area contributed by atoms with Gasteiger partial charge in [-0.25, -0.2) is 9.78 Å². The van der Waals surface area contributed by atoms with Crippen LogP contribution in [0.1, 0.15) is 53.9 Å². The number of hydrogen-bond acceptors (Lipinski definition) is 4. The third kappa shape index (κ3) is 3.03. The highest BCUT2D eigenvalue weighted by Crippen LogP contribution is 2.47. The van der Waals surface area contributed by atoms with E-state index in [9.17, 15) is 5.11 Å². The Balaban J connectivity index is 2.00. The van der Waals surface area contributed by atoms with E-state index < -0.39 is 5.60 Å². The largest absolute Gasteiger partial charge is 0.387 e. The molecule has 2 rings (SSSR count). The highest BCUT2D eigenvalue weighted by molar-refractivity contribution is 8.00. The Hall–Kier alpha value is 0.230.